The van der Waals surface area contributed by atoms with Gasteiger partial charge < -0.3 is 10.1 Å². The molecule has 1 atom stereocenters. The Hall–Kier alpha value is -2.65. The minimum absolute atomic E-state index is 0.0524. The van der Waals surface area contributed by atoms with Crippen LogP contribution >= 0.6 is 27.7 Å². The van der Waals surface area contributed by atoms with Crippen LogP contribution in [0.4, 0.5) is 0 Å². The summed E-state index contributed by atoms with van der Waals surface area (Å²) in [6.45, 7) is 1.68. The van der Waals surface area contributed by atoms with Gasteiger partial charge in [-0.2, -0.15) is 5.10 Å². The summed E-state index contributed by atoms with van der Waals surface area (Å²) >= 11 is 4.42. The zero-order valence-corrected chi connectivity index (χ0v) is 16.5. The molecule has 1 aromatic heterocycles. The number of hydrogen-bond donors (Lipinski definition) is 3. The van der Waals surface area contributed by atoms with E-state index in [9.17, 15) is 14.7 Å². The van der Waals surface area contributed by atoms with Gasteiger partial charge in [-0.25, -0.2) is 10.4 Å². The number of halogens is 1. The number of hydrazone groups is 1. The number of hydrogen-bond acceptors (Lipinski definition) is 6. The standard InChI is InChI=1S/C18H15BrN4O3S/c1-10(16(25)23-20-9-11-8-12(19)6-7-15(11)24)27-18-21-14-5-3-2-4-13(14)17(26)22-18/h2-10,24H,1H3,(H,23,25)(H,21,22,26). The summed E-state index contributed by atoms with van der Waals surface area (Å²) in [6.07, 6.45) is 1.35. The topological polar surface area (TPSA) is 107 Å². The van der Waals surface area contributed by atoms with Gasteiger partial charge in [0.15, 0.2) is 5.16 Å². The minimum atomic E-state index is -0.539. The van der Waals surface area contributed by atoms with Crippen molar-refractivity contribution in [3.8, 4) is 5.75 Å². The molecule has 9 heteroatoms. The summed E-state index contributed by atoms with van der Waals surface area (Å²) in [4.78, 5) is 31.3. The molecule has 0 radical (unpaired) electrons. The van der Waals surface area contributed by atoms with E-state index in [2.05, 4.69) is 36.4 Å². The second-order valence-electron chi connectivity index (χ2n) is 5.59. The van der Waals surface area contributed by atoms with Crippen LogP contribution in [0.25, 0.3) is 10.9 Å². The Morgan fingerprint density at radius 3 is 2.96 bits per heavy atom. The smallest absolute Gasteiger partial charge is 0.259 e. The second-order valence-corrected chi connectivity index (χ2v) is 7.83. The van der Waals surface area contributed by atoms with E-state index in [0.29, 0.717) is 21.6 Å². The van der Waals surface area contributed by atoms with E-state index in [1.165, 1.54) is 12.3 Å². The number of nitrogens with one attached hydrogen (secondary N) is 2. The molecule has 1 amide bonds. The Labute approximate surface area is 167 Å². The molecule has 0 spiro atoms. The van der Waals surface area contributed by atoms with Crippen LogP contribution in [0.15, 0.2) is 62.0 Å². The Kier molecular flexibility index (Phi) is 5.92. The normalized spacial score (nSPS) is 12.4. The second kappa shape index (κ2) is 8.36. The van der Waals surface area contributed by atoms with Crippen LogP contribution in [0.3, 0.4) is 0 Å². The Balaban J connectivity index is 1.66. The number of carbonyl (C=O) groups excluding carboxylic acids is 1. The van der Waals surface area contributed by atoms with Crippen LogP contribution in [0.2, 0.25) is 0 Å². The number of aromatic hydroxyl groups is 1. The molecule has 3 N–H and O–H groups in total. The quantitative estimate of drug-likeness (QED) is 0.241. The fourth-order valence-corrected chi connectivity index (χ4v) is 3.40. The van der Waals surface area contributed by atoms with Gasteiger partial charge in [0.2, 0.25) is 0 Å². The van der Waals surface area contributed by atoms with Gasteiger partial charge in [0.05, 0.1) is 22.4 Å². The third-order valence-corrected chi connectivity index (χ3v) is 5.09. The van der Waals surface area contributed by atoms with Gasteiger partial charge in [0.1, 0.15) is 5.75 Å². The largest absolute Gasteiger partial charge is 0.507 e. The lowest BCUT2D eigenvalue weighted by Gasteiger charge is -2.09. The maximum absolute atomic E-state index is 12.2. The van der Waals surface area contributed by atoms with Crippen molar-refractivity contribution in [2.75, 3.05) is 0 Å². The number of para-hydroxylation sites is 1. The van der Waals surface area contributed by atoms with Gasteiger partial charge in [-0.05, 0) is 37.3 Å². The molecule has 1 unspecified atom stereocenters. The van der Waals surface area contributed by atoms with Crippen LogP contribution < -0.4 is 11.0 Å². The predicted octanol–water partition coefficient (Wildman–Crippen LogP) is 3.02. The van der Waals surface area contributed by atoms with E-state index in [0.717, 1.165) is 16.2 Å². The van der Waals surface area contributed by atoms with Crippen molar-refractivity contribution in [2.45, 2.75) is 17.3 Å². The number of rotatable bonds is 5. The molecular weight excluding hydrogens is 432 g/mol. The first-order valence-electron chi connectivity index (χ1n) is 7.91. The Morgan fingerprint density at radius 2 is 2.15 bits per heavy atom. The number of fused-ring (bicyclic) bond motifs is 1. The van der Waals surface area contributed by atoms with Crippen LogP contribution in [0, 0.1) is 0 Å². The number of nitrogens with zero attached hydrogens (tertiary/aromatic N) is 2. The highest BCUT2D eigenvalue weighted by molar-refractivity contribution is 9.10. The molecule has 3 aromatic rings. The number of carbonyl (C=O) groups is 1. The number of phenols is 1. The number of phenolic OH excluding ortho intramolecular Hbond substituents is 1. The van der Waals surface area contributed by atoms with Crippen molar-refractivity contribution in [3.63, 3.8) is 0 Å². The number of aromatic nitrogens is 2. The molecule has 0 aliphatic rings. The molecule has 27 heavy (non-hydrogen) atoms. The van der Waals surface area contributed by atoms with Gasteiger partial charge in [0, 0.05) is 10.0 Å². The SMILES string of the molecule is CC(Sc1nc2ccccc2c(=O)[nH]1)C(=O)NN=Cc1cc(Br)ccc1O. The lowest BCUT2D eigenvalue weighted by Crippen LogP contribution is -2.27. The van der Waals surface area contributed by atoms with Crippen molar-refractivity contribution < 1.29 is 9.90 Å². The van der Waals surface area contributed by atoms with Crippen molar-refractivity contribution >= 4 is 50.7 Å². The van der Waals surface area contributed by atoms with Crippen molar-refractivity contribution in [1.82, 2.24) is 15.4 Å². The molecular formula is C18H15BrN4O3S. The molecule has 0 bridgehead atoms. The molecule has 0 saturated carbocycles. The fourth-order valence-electron chi connectivity index (χ4n) is 2.23. The minimum Gasteiger partial charge on any atom is -0.507 e. The zero-order valence-electron chi connectivity index (χ0n) is 14.1. The van der Waals surface area contributed by atoms with Gasteiger partial charge >= 0.3 is 0 Å². The third-order valence-electron chi connectivity index (χ3n) is 3.62. The maximum atomic E-state index is 12.2. The van der Waals surface area contributed by atoms with E-state index >= 15 is 0 Å². The Morgan fingerprint density at radius 1 is 1.37 bits per heavy atom. The summed E-state index contributed by atoms with van der Waals surface area (Å²) in [5, 5.41) is 13.9. The lowest BCUT2D eigenvalue weighted by molar-refractivity contribution is -0.120. The maximum Gasteiger partial charge on any atom is 0.259 e. The molecule has 7 nitrogen and oxygen atoms in total. The molecule has 138 valence electrons. The molecule has 2 aromatic carbocycles. The van der Waals surface area contributed by atoms with Crippen LogP contribution in [0.1, 0.15) is 12.5 Å². The van der Waals surface area contributed by atoms with E-state index < -0.39 is 5.25 Å². The highest BCUT2D eigenvalue weighted by atomic mass is 79.9. The van der Waals surface area contributed by atoms with E-state index in [1.807, 2.05) is 0 Å². The summed E-state index contributed by atoms with van der Waals surface area (Å²) in [6, 6.07) is 11.9. The zero-order chi connectivity index (χ0) is 19.4. The van der Waals surface area contributed by atoms with Crippen LogP contribution in [-0.2, 0) is 4.79 Å². The van der Waals surface area contributed by atoms with Gasteiger partial charge in [0.25, 0.3) is 11.5 Å². The average Bonchev–Trinajstić information content (AvgIpc) is 2.64. The number of H-pyrrole nitrogens is 1. The lowest BCUT2D eigenvalue weighted by atomic mass is 10.2. The summed E-state index contributed by atoms with van der Waals surface area (Å²) < 4.78 is 0.781. The van der Waals surface area contributed by atoms with Gasteiger partial charge in [-0.1, -0.05) is 39.8 Å². The van der Waals surface area contributed by atoms with Crippen molar-refractivity contribution in [1.29, 1.82) is 0 Å². The molecule has 3 rings (SSSR count). The first-order valence-corrected chi connectivity index (χ1v) is 9.58. The number of benzene rings is 2. The average molecular weight is 447 g/mol. The molecule has 1 heterocycles. The molecule has 0 aliphatic carbocycles. The summed E-state index contributed by atoms with van der Waals surface area (Å²) in [7, 11) is 0. The molecule has 0 aliphatic heterocycles. The summed E-state index contributed by atoms with van der Waals surface area (Å²) in [5.74, 6) is -0.307. The predicted molar refractivity (Wildman–Crippen MR) is 109 cm³/mol. The van der Waals surface area contributed by atoms with E-state index in [1.54, 1.807) is 43.3 Å². The van der Waals surface area contributed by atoms with Crippen LogP contribution in [0.5, 0.6) is 5.75 Å². The number of thioether (sulfide) groups is 1. The molecule has 0 saturated heterocycles. The van der Waals surface area contributed by atoms with Crippen LogP contribution in [-0.4, -0.2) is 32.4 Å². The highest BCUT2D eigenvalue weighted by Gasteiger charge is 2.16. The van der Waals surface area contributed by atoms with Gasteiger partial charge in [-0.3, -0.25) is 9.59 Å². The first-order chi connectivity index (χ1) is 12.9. The fraction of sp³-hybridized carbons (Fsp3) is 0.111. The van der Waals surface area contributed by atoms with E-state index in [4.69, 9.17) is 0 Å². The Bertz CT molecular complexity index is 1080. The van der Waals surface area contributed by atoms with Gasteiger partial charge in [-0.15, -0.1) is 0 Å². The van der Waals surface area contributed by atoms with E-state index in [-0.39, 0.29) is 17.2 Å². The third kappa shape index (κ3) is 4.75. The number of amides is 1. The monoisotopic (exact) mass is 446 g/mol. The number of aromatic amines is 1. The van der Waals surface area contributed by atoms with Crippen molar-refractivity contribution in [2.24, 2.45) is 5.10 Å². The molecule has 0 fully saturated rings. The summed E-state index contributed by atoms with van der Waals surface area (Å²) in [5.41, 5.74) is 3.19. The first kappa shape index (κ1) is 19.1. The highest BCUT2D eigenvalue weighted by Crippen LogP contribution is 2.21. The van der Waals surface area contributed by atoms with Crippen molar-refractivity contribution in [3.05, 3.63) is 62.9 Å².